The van der Waals surface area contributed by atoms with Gasteiger partial charge in [-0.05, 0) is 61.1 Å². The quantitative estimate of drug-likeness (QED) is 0.417. The Bertz CT molecular complexity index is 1680. The smallest absolute Gasteiger partial charge is 0.336 e. The van der Waals surface area contributed by atoms with Gasteiger partial charge in [0.1, 0.15) is 16.6 Å². The molecule has 1 aromatic carbocycles. The first-order valence-electron chi connectivity index (χ1n) is 13.7. The van der Waals surface area contributed by atoms with Crippen LogP contribution in [0.15, 0.2) is 41.4 Å². The Kier molecular flexibility index (Phi) is 7.90. The molecule has 2 fully saturated rings. The number of rotatable bonds is 6. The molecule has 3 aliphatic rings. The largest absolute Gasteiger partial charge is 0.437 e. The van der Waals surface area contributed by atoms with Crippen LogP contribution >= 0.6 is 0 Å². The number of hydrogen-bond acceptors (Lipinski definition) is 6. The Labute approximate surface area is 251 Å². The second-order valence-corrected chi connectivity index (χ2v) is 13.3. The van der Waals surface area contributed by atoms with Gasteiger partial charge in [-0.15, -0.1) is 0 Å². The minimum absolute atomic E-state index is 0.00794. The molecular formula is C28H24F8N4O4S. The third-order valence-corrected chi connectivity index (χ3v) is 11.4. The molecule has 1 aromatic heterocycles. The van der Waals surface area contributed by atoms with Crippen LogP contribution in [0.3, 0.4) is 0 Å². The Morgan fingerprint density at radius 3 is 2.38 bits per heavy atom. The summed E-state index contributed by atoms with van der Waals surface area (Å²) in [6.07, 6.45) is -13.5. The van der Waals surface area contributed by atoms with Gasteiger partial charge in [0.15, 0.2) is 9.84 Å². The standard InChI is InChI=1S/C28H24F8N4O4S/c29-17-3-1-4-18(14-17)45(43,44)25-9-12-40(24(42)20-6-8-23(41)39(20)11-2-10-37)22(25)7-5-16-13-21(38-15-19(16)25)26(30,27(31,32)33)28(34,35)36/h1,3-4,13-15,20,22H,2,5-9,11-12H2/t20-,22?,25?/m0/s1. The minimum Gasteiger partial charge on any atom is -0.336 e. The molecule has 0 N–H and O–H groups in total. The Morgan fingerprint density at radius 2 is 1.76 bits per heavy atom. The third-order valence-electron chi connectivity index (χ3n) is 8.85. The van der Waals surface area contributed by atoms with Gasteiger partial charge in [-0.3, -0.25) is 14.6 Å². The van der Waals surface area contributed by atoms with Crippen LogP contribution < -0.4 is 0 Å². The lowest BCUT2D eigenvalue weighted by molar-refractivity contribution is -0.350. The highest BCUT2D eigenvalue weighted by Gasteiger charge is 2.75. The van der Waals surface area contributed by atoms with Crippen molar-refractivity contribution in [2.24, 2.45) is 0 Å². The molecule has 17 heteroatoms. The van der Waals surface area contributed by atoms with Crippen LogP contribution in [-0.4, -0.2) is 72.5 Å². The van der Waals surface area contributed by atoms with Gasteiger partial charge in [0.2, 0.25) is 11.8 Å². The Morgan fingerprint density at radius 1 is 1.07 bits per heavy atom. The first-order valence-corrected chi connectivity index (χ1v) is 15.2. The summed E-state index contributed by atoms with van der Waals surface area (Å²) in [5.41, 5.74) is -8.58. The van der Waals surface area contributed by atoms with Crippen molar-refractivity contribution in [2.75, 3.05) is 13.1 Å². The maximum absolute atomic E-state index is 14.9. The van der Waals surface area contributed by atoms with Crippen molar-refractivity contribution in [1.82, 2.24) is 14.8 Å². The molecule has 1 aliphatic carbocycles. The summed E-state index contributed by atoms with van der Waals surface area (Å²) in [4.78, 5) is 31.4. The van der Waals surface area contributed by atoms with Crippen LogP contribution in [0.5, 0.6) is 0 Å². The van der Waals surface area contributed by atoms with E-state index in [2.05, 4.69) is 4.98 Å². The third kappa shape index (κ3) is 4.83. The second-order valence-electron chi connectivity index (χ2n) is 11.1. The number of carbonyl (C=O) groups is 2. The van der Waals surface area contributed by atoms with E-state index in [1.165, 1.54) is 9.80 Å². The highest BCUT2D eigenvalue weighted by molar-refractivity contribution is 7.92. The molecule has 8 nitrogen and oxygen atoms in total. The van der Waals surface area contributed by atoms with Gasteiger partial charge in [-0.1, -0.05) is 6.07 Å². The zero-order chi connectivity index (χ0) is 33.2. The van der Waals surface area contributed by atoms with Crippen LogP contribution in [0.25, 0.3) is 0 Å². The van der Waals surface area contributed by atoms with E-state index < -0.39 is 79.3 Å². The van der Waals surface area contributed by atoms with E-state index in [1.807, 2.05) is 6.07 Å². The highest BCUT2D eigenvalue weighted by Crippen LogP contribution is 2.56. The summed E-state index contributed by atoms with van der Waals surface area (Å²) in [6, 6.07) is 3.65. The topological polar surface area (TPSA) is 111 Å². The molecule has 2 unspecified atom stereocenters. The minimum atomic E-state index is -6.46. The van der Waals surface area contributed by atoms with Crippen LogP contribution in [0.2, 0.25) is 0 Å². The number of amides is 2. The fourth-order valence-electron chi connectivity index (χ4n) is 6.78. The van der Waals surface area contributed by atoms with Crippen LogP contribution in [0, 0.1) is 17.1 Å². The number of nitrogens with zero attached hydrogens (tertiary/aromatic N) is 4. The number of alkyl halides is 7. The van der Waals surface area contributed by atoms with Crippen molar-refractivity contribution in [3.05, 3.63) is 59.2 Å². The number of nitriles is 1. The molecule has 0 radical (unpaired) electrons. The second kappa shape index (κ2) is 10.9. The molecule has 3 heterocycles. The molecule has 5 rings (SSSR count). The van der Waals surface area contributed by atoms with Gasteiger partial charge in [0, 0.05) is 25.7 Å². The number of halogens is 8. The number of carbonyl (C=O) groups excluding carboxylic acids is 2. The van der Waals surface area contributed by atoms with Gasteiger partial charge in [-0.2, -0.15) is 31.6 Å². The lowest BCUT2D eigenvalue weighted by Gasteiger charge is -2.43. The maximum atomic E-state index is 14.9. The number of aryl methyl sites for hydroxylation is 1. The maximum Gasteiger partial charge on any atom is 0.437 e. The summed E-state index contributed by atoms with van der Waals surface area (Å²) >= 11 is 0. The van der Waals surface area contributed by atoms with Crippen molar-refractivity contribution in [3.8, 4) is 6.07 Å². The monoisotopic (exact) mass is 664 g/mol. The van der Waals surface area contributed by atoms with E-state index in [-0.39, 0.29) is 62.4 Å². The summed E-state index contributed by atoms with van der Waals surface area (Å²) in [5, 5.41) is 8.98. The molecule has 0 spiro atoms. The number of sulfone groups is 1. The lowest BCUT2D eigenvalue weighted by Crippen LogP contribution is -2.55. The molecule has 2 aromatic rings. The highest BCUT2D eigenvalue weighted by atomic mass is 32.2. The van der Waals surface area contributed by atoms with Gasteiger partial charge in [0.05, 0.1) is 29.1 Å². The van der Waals surface area contributed by atoms with E-state index in [4.69, 9.17) is 5.26 Å². The average molecular weight is 665 g/mol. The molecule has 3 atom stereocenters. The molecule has 242 valence electrons. The van der Waals surface area contributed by atoms with Crippen LogP contribution in [-0.2, 0) is 36.3 Å². The van der Waals surface area contributed by atoms with E-state index in [0.29, 0.717) is 12.3 Å². The van der Waals surface area contributed by atoms with Gasteiger partial charge >= 0.3 is 18.0 Å². The van der Waals surface area contributed by atoms with E-state index in [9.17, 15) is 53.1 Å². The van der Waals surface area contributed by atoms with Gasteiger partial charge in [-0.25, -0.2) is 17.2 Å². The molecule has 2 aliphatic heterocycles. The van der Waals surface area contributed by atoms with Gasteiger partial charge in [0.25, 0.3) is 0 Å². The first-order chi connectivity index (χ1) is 20.9. The van der Waals surface area contributed by atoms with E-state index in [0.717, 1.165) is 18.2 Å². The predicted octanol–water partition coefficient (Wildman–Crippen LogP) is 4.63. The first kappa shape index (κ1) is 32.6. The van der Waals surface area contributed by atoms with Crippen molar-refractivity contribution in [3.63, 3.8) is 0 Å². The van der Waals surface area contributed by atoms with E-state index >= 15 is 0 Å². The summed E-state index contributed by atoms with van der Waals surface area (Å²) in [7, 11) is -4.77. The van der Waals surface area contributed by atoms with Crippen molar-refractivity contribution < 1.29 is 53.1 Å². The molecule has 0 saturated carbocycles. The molecule has 0 bridgehead atoms. The number of benzene rings is 1. The predicted molar refractivity (Wildman–Crippen MR) is 138 cm³/mol. The Balaban J connectivity index is 1.66. The zero-order valence-corrected chi connectivity index (χ0v) is 23.9. The van der Waals surface area contributed by atoms with Crippen LogP contribution in [0.4, 0.5) is 35.1 Å². The number of aromatic nitrogens is 1. The fraction of sp³-hybridized carbons (Fsp3) is 0.500. The number of pyridine rings is 1. The molecular weight excluding hydrogens is 640 g/mol. The average Bonchev–Trinajstić information content (AvgIpc) is 3.55. The Hall–Kier alpha value is -3.81. The fourth-order valence-corrected chi connectivity index (χ4v) is 9.16. The molecule has 45 heavy (non-hydrogen) atoms. The number of hydrogen-bond donors (Lipinski definition) is 0. The molecule has 2 amide bonds. The molecule has 2 saturated heterocycles. The number of likely N-dealkylation sites (tertiary alicyclic amines) is 2. The normalized spacial score (nSPS) is 23.9. The zero-order valence-electron chi connectivity index (χ0n) is 23.1. The van der Waals surface area contributed by atoms with Gasteiger partial charge < -0.3 is 9.80 Å². The van der Waals surface area contributed by atoms with E-state index in [1.54, 1.807) is 0 Å². The van der Waals surface area contributed by atoms with Crippen molar-refractivity contribution in [2.45, 2.75) is 78.3 Å². The van der Waals surface area contributed by atoms with Crippen molar-refractivity contribution in [1.29, 1.82) is 5.26 Å². The number of fused-ring (bicyclic) bond motifs is 3. The summed E-state index contributed by atoms with van der Waals surface area (Å²) < 4.78 is 137. The lowest BCUT2D eigenvalue weighted by atomic mass is 9.78. The van der Waals surface area contributed by atoms with Crippen molar-refractivity contribution >= 4 is 21.7 Å². The summed E-state index contributed by atoms with van der Waals surface area (Å²) in [5.74, 6) is -1.99. The van der Waals surface area contributed by atoms with Crippen LogP contribution in [0.1, 0.15) is 48.9 Å². The SMILES string of the molecule is N#CCCN1C(=O)CC[C@H]1C(=O)N1CCC2(S(=O)(=O)c3cccc(F)c3)c3cnc(C(F)(C(F)(F)F)C(F)(F)F)cc3CCC12. The summed E-state index contributed by atoms with van der Waals surface area (Å²) in [6.45, 7) is -0.315.